The summed E-state index contributed by atoms with van der Waals surface area (Å²) in [6, 6.07) is 26.0. The lowest BCUT2D eigenvalue weighted by Crippen LogP contribution is -2.46. The lowest BCUT2D eigenvalue weighted by atomic mass is 9.98. The Morgan fingerprint density at radius 1 is 0.829 bits per heavy atom. The maximum atomic E-state index is 12.7. The van der Waals surface area contributed by atoms with Crippen molar-refractivity contribution in [3.63, 3.8) is 0 Å². The molecule has 1 fully saturated rings. The molecule has 2 aliphatic heterocycles. The summed E-state index contributed by atoms with van der Waals surface area (Å²) in [5.41, 5.74) is 3.65. The first-order valence-electron chi connectivity index (χ1n) is 12.4. The van der Waals surface area contributed by atoms with Crippen LogP contribution in [0.15, 0.2) is 84.4 Å². The van der Waals surface area contributed by atoms with Crippen LogP contribution in [0.5, 0.6) is 11.5 Å². The summed E-state index contributed by atoms with van der Waals surface area (Å²) in [5.74, 6) is 1.55. The fourth-order valence-electron chi connectivity index (χ4n) is 4.63. The van der Waals surface area contributed by atoms with E-state index < -0.39 is 0 Å². The topological polar surface area (TPSA) is 42.0 Å². The van der Waals surface area contributed by atoms with Crippen molar-refractivity contribution in [2.75, 3.05) is 45.9 Å². The Hall–Kier alpha value is -3.41. The van der Waals surface area contributed by atoms with Crippen molar-refractivity contribution in [3.8, 4) is 11.5 Å². The molecule has 0 spiro atoms. The molecule has 3 aromatic carbocycles. The Kier molecular flexibility index (Phi) is 7.56. The van der Waals surface area contributed by atoms with Gasteiger partial charge in [0.2, 0.25) is 0 Å². The summed E-state index contributed by atoms with van der Waals surface area (Å²) in [6.07, 6.45) is 2.91. The minimum Gasteiger partial charge on any atom is -0.494 e. The zero-order chi connectivity index (χ0) is 23.9. The number of carbonyl (C=O) groups is 1. The molecule has 0 radical (unpaired) electrons. The van der Waals surface area contributed by atoms with Crippen LogP contribution in [-0.2, 0) is 6.54 Å². The average Bonchev–Trinajstić information content (AvgIpc) is 2.91. The van der Waals surface area contributed by atoms with E-state index in [2.05, 4.69) is 40.1 Å². The van der Waals surface area contributed by atoms with Crippen LogP contribution in [0.25, 0.3) is 6.08 Å². The molecule has 0 aromatic heterocycles. The number of ether oxygens (including phenoxy) is 2. The van der Waals surface area contributed by atoms with Gasteiger partial charge in [-0.3, -0.25) is 9.69 Å². The number of hydrogen-bond acceptors (Lipinski definition) is 5. The third-order valence-electron chi connectivity index (χ3n) is 6.63. The molecule has 5 heteroatoms. The second-order valence-corrected chi connectivity index (χ2v) is 9.16. The number of para-hydroxylation sites is 1. The van der Waals surface area contributed by atoms with Crippen LogP contribution in [0, 0.1) is 0 Å². The Morgan fingerprint density at radius 3 is 2.34 bits per heavy atom. The van der Waals surface area contributed by atoms with E-state index in [-0.39, 0.29) is 5.78 Å². The third kappa shape index (κ3) is 6.18. The minimum atomic E-state index is 0.0353. The van der Waals surface area contributed by atoms with Crippen molar-refractivity contribution < 1.29 is 14.3 Å². The second kappa shape index (κ2) is 11.3. The summed E-state index contributed by atoms with van der Waals surface area (Å²) >= 11 is 0. The Morgan fingerprint density at radius 2 is 1.54 bits per heavy atom. The van der Waals surface area contributed by atoms with E-state index in [0.29, 0.717) is 30.1 Å². The maximum Gasteiger partial charge on any atom is 0.196 e. The van der Waals surface area contributed by atoms with Crippen molar-refractivity contribution in [3.05, 3.63) is 101 Å². The zero-order valence-corrected chi connectivity index (χ0v) is 20.1. The van der Waals surface area contributed by atoms with Crippen LogP contribution in [-0.4, -0.2) is 61.5 Å². The van der Waals surface area contributed by atoms with E-state index in [1.165, 1.54) is 5.56 Å². The molecule has 0 bridgehead atoms. The molecule has 2 aliphatic rings. The number of benzene rings is 3. The third-order valence-corrected chi connectivity index (χ3v) is 6.63. The highest BCUT2D eigenvalue weighted by Crippen LogP contribution is 2.27. The van der Waals surface area contributed by atoms with Crippen LogP contribution in [0.3, 0.4) is 0 Å². The predicted molar refractivity (Wildman–Crippen MR) is 139 cm³/mol. The fourth-order valence-corrected chi connectivity index (χ4v) is 4.63. The molecular weight excluding hydrogens is 436 g/mol. The van der Waals surface area contributed by atoms with Crippen molar-refractivity contribution >= 4 is 11.9 Å². The Balaban J connectivity index is 1.03. The van der Waals surface area contributed by atoms with Crippen LogP contribution in [0.4, 0.5) is 0 Å². The molecule has 3 aromatic rings. The zero-order valence-electron chi connectivity index (χ0n) is 20.1. The van der Waals surface area contributed by atoms with Crippen LogP contribution < -0.4 is 9.47 Å². The van der Waals surface area contributed by atoms with E-state index in [1.54, 1.807) is 0 Å². The van der Waals surface area contributed by atoms with Gasteiger partial charge in [-0.15, -0.1) is 0 Å². The fraction of sp³-hybridized carbons (Fsp3) is 0.300. The van der Waals surface area contributed by atoms with Crippen LogP contribution >= 0.6 is 0 Å². The number of ketones is 1. The first kappa shape index (κ1) is 23.3. The van der Waals surface area contributed by atoms with Gasteiger partial charge in [0.1, 0.15) is 18.1 Å². The number of Topliss-reactive ketones (excluding diaryl/α,β-unsaturated/α-hetero) is 1. The highest BCUT2D eigenvalue weighted by molar-refractivity contribution is 6.14. The lowest BCUT2D eigenvalue weighted by Gasteiger charge is -2.34. The quantitative estimate of drug-likeness (QED) is 0.346. The highest BCUT2D eigenvalue weighted by Gasteiger charge is 2.22. The summed E-state index contributed by atoms with van der Waals surface area (Å²) in [7, 11) is 0. The molecule has 5 nitrogen and oxygen atoms in total. The molecule has 0 N–H and O–H groups in total. The van der Waals surface area contributed by atoms with Gasteiger partial charge in [0.05, 0.1) is 12.2 Å². The van der Waals surface area contributed by atoms with Crippen molar-refractivity contribution in [1.29, 1.82) is 0 Å². The van der Waals surface area contributed by atoms with E-state index in [0.717, 1.165) is 57.0 Å². The van der Waals surface area contributed by atoms with Crippen LogP contribution in [0.1, 0.15) is 27.9 Å². The first-order chi connectivity index (χ1) is 17.2. The maximum absolute atomic E-state index is 12.7. The SMILES string of the molecule is O=C1/C(=C/c2ccc(OCCCN3CCN(Cc4ccccc4)CC3)cc2)COc2ccccc21. The summed E-state index contributed by atoms with van der Waals surface area (Å²) < 4.78 is 11.7. The number of hydrogen-bond donors (Lipinski definition) is 0. The van der Waals surface area contributed by atoms with Gasteiger partial charge in [-0.1, -0.05) is 54.6 Å². The van der Waals surface area contributed by atoms with E-state index >= 15 is 0 Å². The van der Waals surface area contributed by atoms with Gasteiger partial charge in [-0.05, 0) is 47.9 Å². The van der Waals surface area contributed by atoms with Gasteiger partial charge in [0.25, 0.3) is 0 Å². The Bertz CT molecular complexity index is 1150. The van der Waals surface area contributed by atoms with E-state index in [4.69, 9.17) is 9.47 Å². The smallest absolute Gasteiger partial charge is 0.196 e. The summed E-state index contributed by atoms with van der Waals surface area (Å²) in [6.45, 7) is 7.57. The molecular formula is C30H32N2O3. The molecule has 0 aliphatic carbocycles. The van der Waals surface area contributed by atoms with Gasteiger partial charge in [0.15, 0.2) is 5.78 Å². The van der Waals surface area contributed by atoms with Gasteiger partial charge in [-0.2, -0.15) is 0 Å². The van der Waals surface area contributed by atoms with Crippen molar-refractivity contribution in [2.24, 2.45) is 0 Å². The molecule has 180 valence electrons. The molecule has 35 heavy (non-hydrogen) atoms. The molecule has 0 saturated carbocycles. The van der Waals surface area contributed by atoms with Crippen molar-refractivity contribution in [2.45, 2.75) is 13.0 Å². The predicted octanol–water partition coefficient (Wildman–Crippen LogP) is 4.93. The number of nitrogens with zero attached hydrogens (tertiary/aromatic N) is 2. The lowest BCUT2D eigenvalue weighted by molar-refractivity contribution is 0.100. The average molecular weight is 469 g/mol. The van der Waals surface area contributed by atoms with Crippen molar-refractivity contribution in [1.82, 2.24) is 9.80 Å². The summed E-state index contributed by atoms with van der Waals surface area (Å²) in [4.78, 5) is 17.8. The standard InChI is InChI=1S/C30H32N2O3/c33-30-26(23-35-29-10-5-4-9-28(29)30)21-24-11-13-27(14-12-24)34-20-6-15-31-16-18-32(19-17-31)22-25-7-2-1-3-8-25/h1-5,7-14,21H,6,15-20,22-23H2/b26-21+. The van der Waals surface area contributed by atoms with E-state index in [9.17, 15) is 4.79 Å². The molecule has 0 amide bonds. The normalized spacial score (nSPS) is 17.7. The molecule has 5 rings (SSSR count). The van der Waals surface area contributed by atoms with Gasteiger partial charge < -0.3 is 14.4 Å². The summed E-state index contributed by atoms with van der Waals surface area (Å²) in [5, 5.41) is 0. The van der Waals surface area contributed by atoms with Gasteiger partial charge in [-0.25, -0.2) is 0 Å². The second-order valence-electron chi connectivity index (χ2n) is 9.16. The number of piperazine rings is 1. The monoisotopic (exact) mass is 468 g/mol. The molecule has 2 heterocycles. The van der Waals surface area contributed by atoms with Gasteiger partial charge >= 0.3 is 0 Å². The Labute approximate surface area is 207 Å². The molecule has 0 atom stereocenters. The number of fused-ring (bicyclic) bond motifs is 1. The first-order valence-corrected chi connectivity index (χ1v) is 12.4. The molecule has 1 saturated heterocycles. The van der Waals surface area contributed by atoms with Gasteiger partial charge in [0, 0.05) is 44.8 Å². The van der Waals surface area contributed by atoms with E-state index in [1.807, 2.05) is 54.6 Å². The van der Waals surface area contributed by atoms with Crippen LogP contribution in [0.2, 0.25) is 0 Å². The largest absolute Gasteiger partial charge is 0.494 e. The number of carbonyl (C=O) groups excluding carboxylic acids is 1. The highest BCUT2D eigenvalue weighted by atomic mass is 16.5. The molecule has 0 unspecified atom stereocenters. The minimum absolute atomic E-state index is 0.0353. The number of rotatable bonds is 8.